The van der Waals surface area contributed by atoms with E-state index in [9.17, 15) is 36.5 Å². The molecule has 2 rings (SSSR count). The molecule has 0 aliphatic rings. The molecule has 0 aliphatic carbocycles. The Balaban J connectivity index is 0.000000303. The van der Waals surface area contributed by atoms with E-state index in [1.54, 1.807) is 0 Å². The summed E-state index contributed by atoms with van der Waals surface area (Å²) in [6, 6.07) is 5.90. The number of nitro groups is 1. The van der Waals surface area contributed by atoms with Gasteiger partial charge in [0.2, 0.25) is 6.20 Å². The van der Waals surface area contributed by atoms with Crippen LogP contribution in [0.4, 0.5) is 26.3 Å². The molecule has 0 saturated heterocycles. The second-order valence-corrected chi connectivity index (χ2v) is 6.49. The fraction of sp³-hybridized carbons (Fsp3) is 0.222. The van der Waals surface area contributed by atoms with Gasteiger partial charge in [0.05, 0.1) is 16.1 Å². The molecule has 0 amide bonds. The minimum atomic E-state index is -4.48. The SMILES string of the molecule is NCCc1ccc(C(F)(F)F)cc1Cl.O=[N+]([O-])/C=C/c1ccc(C(F)(F)F)cc1Cl. The molecule has 0 bridgehead atoms. The van der Waals surface area contributed by atoms with Gasteiger partial charge in [-0.05, 0) is 48.4 Å². The number of nitrogens with two attached hydrogens (primary N) is 1. The number of halogens is 8. The Morgan fingerprint density at radius 3 is 1.83 bits per heavy atom. The highest BCUT2D eigenvalue weighted by Crippen LogP contribution is 2.33. The molecule has 0 aliphatic heterocycles. The first-order valence-corrected chi connectivity index (χ1v) is 8.75. The Bertz CT molecular complexity index is 915. The Morgan fingerprint density at radius 1 is 0.933 bits per heavy atom. The molecule has 0 aromatic heterocycles. The van der Waals surface area contributed by atoms with Gasteiger partial charge in [-0.25, -0.2) is 0 Å². The molecule has 0 saturated carbocycles. The van der Waals surface area contributed by atoms with Gasteiger partial charge in [-0.1, -0.05) is 35.3 Å². The summed E-state index contributed by atoms with van der Waals surface area (Å²) in [4.78, 5) is 9.28. The first kappa shape index (κ1) is 25.7. The quantitative estimate of drug-likeness (QED) is 0.313. The smallest absolute Gasteiger partial charge is 0.330 e. The van der Waals surface area contributed by atoms with Crippen LogP contribution in [0.25, 0.3) is 6.08 Å². The van der Waals surface area contributed by atoms with Crippen molar-refractivity contribution in [3.05, 3.63) is 85.0 Å². The summed E-state index contributed by atoms with van der Waals surface area (Å²) in [7, 11) is 0. The minimum Gasteiger partial charge on any atom is -0.330 e. The fourth-order valence-electron chi connectivity index (χ4n) is 2.06. The molecule has 12 heteroatoms. The van der Waals surface area contributed by atoms with E-state index in [1.807, 2.05) is 0 Å². The maximum Gasteiger partial charge on any atom is 0.416 e. The van der Waals surface area contributed by atoms with Crippen molar-refractivity contribution in [1.29, 1.82) is 0 Å². The Hall–Kier alpha value is -2.30. The molecule has 30 heavy (non-hydrogen) atoms. The second-order valence-electron chi connectivity index (χ2n) is 5.68. The standard InChI is InChI=1S/C9H5ClF3NO2.C9H9ClF3N/c10-8-5-7(9(11,12)13)2-1-6(8)3-4-14(15)16;10-8-5-7(9(11,12)13)2-1-6(8)3-4-14/h1-5H;1-2,5H,3-4,14H2/b4-3+;. The van der Waals surface area contributed by atoms with Crippen molar-refractivity contribution >= 4 is 29.3 Å². The molecule has 2 aromatic carbocycles. The van der Waals surface area contributed by atoms with Crippen LogP contribution in [0, 0.1) is 10.1 Å². The predicted molar refractivity (Wildman–Crippen MR) is 102 cm³/mol. The van der Waals surface area contributed by atoms with Gasteiger partial charge >= 0.3 is 12.4 Å². The van der Waals surface area contributed by atoms with Crippen molar-refractivity contribution in [2.45, 2.75) is 18.8 Å². The number of rotatable bonds is 4. The zero-order valence-corrected chi connectivity index (χ0v) is 16.4. The zero-order valence-electron chi connectivity index (χ0n) is 14.9. The normalized spacial score (nSPS) is 11.9. The molecular weight excluding hydrogens is 461 g/mol. The third kappa shape index (κ3) is 8.21. The van der Waals surface area contributed by atoms with E-state index in [-0.39, 0.29) is 15.6 Å². The van der Waals surface area contributed by atoms with E-state index in [0.29, 0.717) is 24.7 Å². The molecule has 0 heterocycles. The number of nitrogens with zero attached hydrogens (tertiary/aromatic N) is 1. The molecule has 0 spiro atoms. The molecule has 2 N–H and O–H groups in total. The number of benzene rings is 2. The first-order valence-electron chi connectivity index (χ1n) is 8.00. The highest BCUT2D eigenvalue weighted by molar-refractivity contribution is 6.32. The Labute approximate surface area is 177 Å². The van der Waals surface area contributed by atoms with Crippen LogP contribution in [0.5, 0.6) is 0 Å². The van der Waals surface area contributed by atoms with E-state index < -0.39 is 28.4 Å². The van der Waals surface area contributed by atoms with E-state index in [2.05, 4.69) is 0 Å². The summed E-state index contributed by atoms with van der Waals surface area (Å²) in [6.45, 7) is 0.366. The topological polar surface area (TPSA) is 69.2 Å². The van der Waals surface area contributed by atoms with Gasteiger partial charge in [-0.15, -0.1) is 0 Å². The van der Waals surface area contributed by atoms with Gasteiger partial charge in [0.1, 0.15) is 0 Å². The highest BCUT2D eigenvalue weighted by Gasteiger charge is 2.31. The maximum atomic E-state index is 12.2. The molecule has 164 valence electrons. The fourth-order valence-corrected chi connectivity index (χ4v) is 2.58. The monoisotopic (exact) mass is 474 g/mol. The van der Waals surface area contributed by atoms with Crippen molar-refractivity contribution in [2.24, 2.45) is 5.73 Å². The van der Waals surface area contributed by atoms with Crippen LogP contribution in [-0.2, 0) is 18.8 Å². The molecule has 0 atom stereocenters. The molecule has 0 radical (unpaired) electrons. The molecule has 0 fully saturated rings. The summed E-state index contributed by atoms with van der Waals surface area (Å²) in [6.07, 6.45) is -6.70. The zero-order chi connectivity index (χ0) is 23.1. The summed E-state index contributed by atoms with van der Waals surface area (Å²) in [5, 5.41) is 9.93. The third-order valence-electron chi connectivity index (χ3n) is 3.50. The summed E-state index contributed by atoms with van der Waals surface area (Å²) in [5.74, 6) is 0. The van der Waals surface area contributed by atoms with Crippen LogP contribution in [-0.4, -0.2) is 11.5 Å². The van der Waals surface area contributed by atoms with Crippen molar-refractivity contribution < 1.29 is 31.3 Å². The van der Waals surface area contributed by atoms with Crippen molar-refractivity contribution in [1.82, 2.24) is 0 Å². The minimum absolute atomic E-state index is 0.116. The molecule has 0 unspecified atom stereocenters. The van der Waals surface area contributed by atoms with Crippen LogP contribution in [0.15, 0.2) is 42.6 Å². The lowest BCUT2D eigenvalue weighted by atomic mass is 10.1. The average molecular weight is 475 g/mol. The number of alkyl halides is 6. The van der Waals surface area contributed by atoms with Gasteiger partial charge in [-0.2, -0.15) is 26.3 Å². The average Bonchev–Trinajstić information content (AvgIpc) is 2.61. The van der Waals surface area contributed by atoms with Gasteiger partial charge in [0.15, 0.2) is 0 Å². The number of hydrogen-bond acceptors (Lipinski definition) is 3. The van der Waals surface area contributed by atoms with Crippen LogP contribution >= 0.6 is 23.2 Å². The van der Waals surface area contributed by atoms with E-state index in [1.165, 1.54) is 6.07 Å². The van der Waals surface area contributed by atoms with Crippen molar-refractivity contribution in [3.63, 3.8) is 0 Å². The summed E-state index contributed by atoms with van der Waals surface area (Å²) >= 11 is 11.2. The molecule has 2 aromatic rings. The Morgan fingerprint density at radius 2 is 1.43 bits per heavy atom. The van der Waals surface area contributed by atoms with Crippen LogP contribution in [0.1, 0.15) is 22.3 Å². The summed E-state index contributed by atoms with van der Waals surface area (Å²) in [5.41, 5.74) is 4.45. The Kier molecular flexibility index (Phi) is 9.13. The molecule has 4 nitrogen and oxygen atoms in total. The van der Waals surface area contributed by atoms with Gasteiger partial charge in [-0.3, -0.25) is 10.1 Å². The van der Waals surface area contributed by atoms with Crippen LogP contribution in [0.3, 0.4) is 0 Å². The predicted octanol–water partition coefficient (Wildman–Crippen LogP) is 6.47. The lowest BCUT2D eigenvalue weighted by molar-refractivity contribution is -0.400. The maximum absolute atomic E-state index is 12.2. The van der Waals surface area contributed by atoms with Crippen LogP contribution < -0.4 is 5.73 Å². The lowest BCUT2D eigenvalue weighted by Crippen LogP contribution is -2.07. The third-order valence-corrected chi connectivity index (χ3v) is 4.18. The second kappa shape index (κ2) is 10.6. The first-order chi connectivity index (χ1) is 13.8. The van der Waals surface area contributed by atoms with Gasteiger partial charge in [0.25, 0.3) is 0 Å². The largest absolute Gasteiger partial charge is 0.416 e. The van der Waals surface area contributed by atoms with E-state index >= 15 is 0 Å². The summed E-state index contributed by atoms with van der Waals surface area (Å²) < 4.78 is 73.3. The number of hydrogen-bond donors (Lipinski definition) is 1. The van der Waals surface area contributed by atoms with Gasteiger partial charge in [0, 0.05) is 16.1 Å². The van der Waals surface area contributed by atoms with E-state index in [4.69, 9.17) is 28.9 Å². The van der Waals surface area contributed by atoms with Crippen molar-refractivity contribution in [3.8, 4) is 0 Å². The van der Waals surface area contributed by atoms with Gasteiger partial charge < -0.3 is 5.73 Å². The molecular formula is C18H14Cl2F6N2O2. The van der Waals surface area contributed by atoms with Crippen LogP contribution in [0.2, 0.25) is 10.0 Å². The van der Waals surface area contributed by atoms with E-state index in [0.717, 1.165) is 36.4 Å². The lowest BCUT2D eigenvalue weighted by Gasteiger charge is -2.09. The van der Waals surface area contributed by atoms with Crippen molar-refractivity contribution in [2.75, 3.05) is 6.54 Å². The highest BCUT2D eigenvalue weighted by atomic mass is 35.5.